The van der Waals surface area contributed by atoms with Gasteiger partial charge in [0.25, 0.3) is 0 Å². The Morgan fingerprint density at radius 3 is 1.76 bits per heavy atom. The Kier molecular flexibility index (Phi) is 3.57. The molecule has 0 amide bonds. The Morgan fingerprint density at radius 1 is 0.824 bits per heavy atom. The Balaban J connectivity index is 2.30. The van der Waals surface area contributed by atoms with Gasteiger partial charge >= 0.3 is 0 Å². The molecule has 0 aliphatic rings. The van der Waals surface area contributed by atoms with E-state index in [1.807, 2.05) is 48.5 Å². The van der Waals surface area contributed by atoms with Gasteiger partial charge < -0.3 is 0 Å². The highest BCUT2D eigenvalue weighted by atomic mass is 14.3. The minimum absolute atomic E-state index is 0.0846. The third-order valence-corrected chi connectivity index (χ3v) is 3.12. The molecule has 1 heteroatoms. The second-order valence-corrected chi connectivity index (χ2v) is 4.22. The van der Waals surface area contributed by atoms with Crippen molar-refractivity contribution in [2.45, 2.75) is 18.8 Å². The zero-order valence-electron chi connectivity index (χ0n) is 9.88. The van der Waals surface area contributed by atoms with Crippen LogP contribution in [-0.4, -0.2) is 0 Å². The van der Waals surface area contributed by atoms with E-state index in [9.17, 15) is 5.26 Å². The summed E-state index contributed by atoms with van der Waals surface area (Å²) in [4.78, 5) is 0. The third kappa shape index (κ3) is 2.54. The van der Waals surface area contributed by atoms with Crippen molar-refractivity contribution in [2.24, 2.45) is 0 Å². The van der Waals surface area contributed by atoms with Crippen molar-refractivity contribution in [3.63, 3.8) is 0 Å². The first-order valence-electron chi connectivity index (χ1n) is 5.82. The van der Waals surface area contributed by atoms with Crippen molar-refractivity contribution in [3.05, 3.63) is 71.8 Å². The summed E-state index contributed by atoms with van der Waals surface area (Å²) in [6.07, 6.45) is 0. The molecule has 84 valence electrons. The maximum Gasteiger partial charge on any atom is 0.0778 e. The maximum atomic E-state index is 9.36. The van der Waals surface area contributed by atoms with Gasteiger partial charge in [0.1, 0.15) is 0 Å². The molecule has 0 bridgehead atoms. The van der Waals surface area contributed by atoms with Crippen molar-refractivity contribution < 1.29 is 0 Å². The third-order valence-electron chi connectivity index (χ3n) is 3.12. The number of hydrogen-bond acceptors (Lipinski definition) is 1. The highest BCUT2D eigenvalue weighted by Crippen LogP contribution is 2.31. The molecular formula is C16H15N. The van der Waals surface area contributed by atoms with Crippen LogP contribution in [0.25, 0.3) is 0 Å². The Hall–Kier alpha value is -2.07. The number of rotatable bonds is 3. The Bertz CT molecular complexity index is 496. The van der Waals surface area contributed by atoms with Gasteiger partial charge in [-0.05, 0) is 11.1 Å². The van der Waals surface area contributed by atoms with Crippen LogP contribution in [0.4, 0.5) is 0 Å². The van der Waals surface area contributed by atoms with E-state index in [2.05, 4.69) is 25.1 Å². The predicted molar refractivity (Wildman–Crippen MR) is 69.7 cm³/mol. The molecule has 2 aromatic carbocycles. The summed E-state index contributed by atoms with van der Waals surface area (Å²) in [5.41, 5.74) is 2.30. The summed E-state index contributed by atoms with van der Waals surface area (Å²) in [5, 5.41) is 9.36. The lowest BCUT2D eigenvalue weighted by Crippen LogP contribution is -2.06. The lowest BCUT2D eigenvalue weighted by Gasteiger charge is -2.18. The van der Waals surface area contributed by atoms with Crippen LogP contribution in [0.3, 0.4) is 0 Å². The fraction of sp³-hybridized carbons (Fsp3) is 0.188. The summed E-state index contributed by atoms with van der Waals surface area (Å²) in [5.74, 6) is 0.127. The smallest absolute Gasteiger partial charge is 0.0778 e. The summed E-state index contributed by atoms with van der Waals surface area (Å²) in [7, 11) is 0. The van der Waals surface area contributed by atoms with Gasteiger partial charge in [0.15, 0.2) is 0 Å². The zero-order chi connectivity index (χ0) is 12.1. The van der Waals surface area contributed by atoms with E-state index in [4.69, 9.17) is 0 Å². The molecular weight excluding hydrogens is 206 g/mol. The molecule has 17 heavy (non-hydrogen) atoms. The van der Waals surface area contributed by atoms with Crippen LogP contribution in [0.2, 0.25) is 0 Å². The average molecular weight is 221 g/mol. The molecule has 1 nitrogen and oxygen atoms in total. The molecule has 0 fully saturated rings. The fourth-order valence-corrected chi connectivity index (χ4v) is 2.08. The first-order valence-corrected chi connectivity index (χ1v) is 5.82. The topological polar surface area (TPSA) is 23.8 Å². The van der Waals surface area contributed by atoms with Crippen LogP contribution < -0.4 is 0 Å². The largest absolute Gasteiger partial charge is 0.198 e. The van der Waals surface area contributed by atoms with Crippen LogP contribution in [0.1, 0.15) is 29.9 Å². The summed E-state index contributed by atoms with van der Waals surface area (Å²) < 4.78 is 0. The quantitative estimate of drug-likeness (QED) is 0.765. The molecule has 2 aromatic rings. The molecule has 0 N–H and O–H groups in total. The first kappa shape index (κ1) is 11.4. The molecule has 0 aliphatic heterocycles. The van der Waals surface area contributed by atoms with Crippen LogP contribution in [-0.2, 0) is 0 Å². The zero-order valence-corrected chi connectivity index (χ0v) is 9.88. The van der Waals surface area contributed by atoms with Gasteiger partial charge in [0.2, 0.25) is 0 Å². The van der Waals surface area contributed by atoms with E-state index in [0.29, 0.717) is 0 Å². The molecule has 0 unspecified atom stereocenters. The van der Waals surface area contributed by atoms with E-state index in [-0.39, 0.29) is 11.8 Å². The van der Waals surface area contributed by atoms with Crippen LogP contribution in [0, 0.1) is 11.3 Å². The van der Waals surface area contributed by atoms with Crippen LogP contribution in [0.15, 0.2) is 60.7 Å². The van der Waals surface area contributed by atoms with Crippen molar-refractivity contribution in [1.82, 2.24) is 0 Å². The molecule has 0 aromatic heterocycles. The van der Waals surface area contributed by atoms with Gasteiger partial charge in [-0.2, -0.15) is 5.26 Å². The first-order chi connectivity index (χ1) is 8.33. The second-order valence-electron chi connectivity index (χ2n) is 4.22. The van der Waals surface area contributed by atoms with Gasteiger partial charge in [-0.3, -0.25) is 0 Å². The SMILES string of the molecule is C[C@H](c1ccccc1)[C@@H](C#N)c1ccccc1. The van der Waals surface area contributed by atoms with Gasteiger partial charge in [-0.15, -0.1) is 0 Å². The summed E-state index contributed by atoms with van der Waals surface area (Å²) in [6.45, 7) is 2.11. The standard InChI is InChI=1S/C16H15N/c1-13(14-8-4-2-5-9-14)16(12-17)15-10-6-3-7-11-15/h2-11,13,16H,1H3/t13-,16-/m1/s1. The van der Waals surface area contributed by atoms with E-state index in [0.717, 1.165) is 5.56 Å². The highest BCUT2D eigenvalue weighted by molar-refractivity contribution is 5.32. The van der Waals surface area contributed by atoms with Crippen LogP contribution >= 0.6 is 0 Å². The van der Waals surface area contributed by atoms with Gasteiger partial charge in [0.05, 0.1) is 12.0 Å². The second kappa shape index (κ2) is 5.32. The molecule has 0 aliphatic carbocycles. The van der Waals surface area contributed by atoms with Crippen molar-refractivity contribution >= 4 is 0 Å². The minimum atomic E-state index is -0.0846. The lowest BCUT2D eigenvalue weighted by atomic mass is 9.84. The number of hydrogen-bond donors (Lipinski definition) is 0. The van der Waals surface area contributed by atoms with Gasteiger partial charge in [-0.25, -0.2) is 0 Å². The molecule has 0 saturated heterocycles. The normalized spacial score (nSPS) is 13.6. The summed E-state index contributed by atoms with van der Waals surface area (Å²) >= 11 is 0. The van der Waals surface area contributed by atoms with E-state index in [1.54, 1.807) is 0 Å². The number of nitriles is 1. The number of nitrogens with zero attached hydrogens (tertiary/aromatic N) is 1. The summed E-state index contributed by atoms with van der Waals surface area (Å²) in [6, 6.07) is 22.6. The number of benzene rings is 2. The molecule has 2 atom stereocenters. The van der Waals surface area contributed by atoms with E-state index < -0.39 is 0 Å². The molecule has 0 radical (unpaired) electrons. The van der Waals surface area contributed by atoms with E-state index in [1.165, 1.54) is 5.56 Å². The molecule has 0 heterocycles. The Morgan fingerprint density at radius 2 is 1.29 bits per heavy atom. The lowest BCUT2D eigenvalue weighted by molar-refractivity contribution is 0.687. The monoisotopic (exact) mass is 221 g/mol. The van der Waals surface area contributed by atoms with Crippen molar-refractivity contribution in [3.8, 4) is 6.07 Å². The van der Waals surface area contributed by atoms with Gasteiger partial charge in [0, 0.05) is 5.92 Å². The molecule has 0 spiro atoms. The van der Waals surface area contributed by atoms with Crippen LogP contribution in [0.5, 0.6) is 0 Å². The highest BCUT2D eigenvalue weighted by Gasteiger charge is 2.19. The average Bonchev–Trinajstić information content (AvgIpc) is 2.42. The van der Waals surface area contributed by atoms with Gasteiger partial charge in [-0.1, -0.05) is 67.6 Å². The van der Waals surface area contributed by atoms with Crippen molar-refractivity contribution in [2.75, 3.05) is 0 Å². The van der Waals surface area contributed by atoms with Crippen molar-refractivity contribution in [1.29, 1.82) is 5.26 Å². The van der Waals surface area contributed by atoms with E-state index >= 15 is 0 Å². The molecule has 0 saturated carbocycles. The fourth-order valence-electron chi connectivity index (χ4n) is 2.08. The Labute approximate surface area is 102 Å². The maximum absolute atomic E-state index is 9.36. The minimum Gasteiger partial charge on any atom is -0.198 e. The molecule has 2 rings (SSSR count). The predicted octanol–water partition coefficient (Wildman–Crippen LogP) is 4.10.